The molecule has 1 amide bonds. The molecule has 0 aliphatic carbocycles. The molecule has 0 spiro atoms. The third-order valence-electron chi connectivity index (χ3n) is 4.54. The van der Waals surface area contributed by atoms with Crippen LogP contribution in [0.4, 0.5) is 0 Å². The number of benzene rings is 1. The molecule has 2 heterocycles. The number of nitrogens with zero attached hydrogens (tertiary/aromatic N) is 4. The van der Waals surface area contributed by atoms with Crippen LogP contribution in [0.2, 0.25) is 0 Å². The van der Waals surface area contributed by atoms with Crippen LogP contribution in [0.1, 0.15) is 25.3 Å². The number of nitrogens with two attached hydrogens (primary N) is 1. The van der Waals surface area contributed by atoms with Gasteiger partial charge in [-0.15, -0.1) is 0 Å². The van der Waals surface area contributed by atoms with Crippen LogP contribution < -0.4 is 5.73 Å². The minimum Gasteiger partial charge on any atom is -0.340 e. The minimum atomic E-state index is -0.990. The molecule has 1 fully saturated rings. The molecule has 2 atom stereocenters. The molecule has 1 aromatic heterocycles. The average molecular weight is 313 g/mol. The molecule has 0 radical (unpaired) electrons. The van der Waals surface area contributed by atoms with Gasteiger partial charge in [-0.2, -0.15) is 5.10 Å². The van der Waals surface area contributed by atoms with Gasteiger partial charge in [0.15, 0.2) is 0 Å². The van der Waals surface area contributed by atoms with E-state index < -0.39 is 5.54 Å². The van der Waals surface area contributed by atoms with Crippen molar-refractivity contribution in [3.05, 3.63) is 48.5 Å². The number of likely N-dealkylation sites (tertiary alicyclic amines) is 1. The maximum atomic E-state index is 12.9. The number of rotatable bonds is 4. The third-order valence-corrected chi connectivity index (χ3v) is 4.54. The number of carbonyl (C=O) groups excluding carboxylic acids is 1. The normalized spacial score (nSPS) is 21.0. The van der Waals surface area contributed by atoms with E-state index in [-0.39, 0.29) is 5.91 Å². The fourth-order valence-electron chi connectivity index (χ4n) is 3.23. The molecule has 2 N–H and O–H groups in total. The van der Waals surface area contributed by atoms with E-state index in [1.807, 2.05) is 39.9 Å². The molecule has 0 saturated carbocycles. The first-order chi connectivity index (χ1) is 11.1. The van der Waals surface area contributed by atoms with Crippen LogP contribution in [0.5, 0.6) is 0 Å². The quantitative estimate of drug-likeness (QED) is 0.925. The van der Waals surface area contributed by atoms with Crippen LogP contribution in [0.15, 0.2) is 43.0 Å². The molecular weight excluding hydrogens is 290 g/mol. The van der Waals surface area contributed by atoms with Crippen molar-refractivity contribution in [2.45, 2.75) is 31.8 Å². The summed E-state index contributed by atoms with van der Waals surface area (Å²) in [4.78, 5) is 18.8. The highest BCUT2D eigenvalue weighted by molar-refractivity contribution is 5.87. The number of aromatic nitrogens is 3. The van der Waals surface area contributed by atoms with Crippen LogP contribution in [-0.4, -0.2) is 38.7 Å². The Morgan fingerprint density at radius 2 is 2.17 bits per heavy atom. The summed E-state index contributed by atoms with van der Waals surface area (Å²) in [6.45, 7) is 4.08. The van der Waals surface area contributed by atoms with Gasteiger partial charge in [-0.05, 0) is 31.2 Å². The average Bonchev–Trinajstić information content (AvgIpc) is 3.08. The van der Waals surface area contributed by atoms with Crippen molar-refractivity contribution < 1.29 is 4.79 Å². The molecule has 23 heavy (non-hydrogen) atoms. The Hall–Kier alpha value is -2.21. The SMILES string of the molecule is CC(N)(C(=O)N1CCCC(Cn2cncn2)C1)c1ccccc1. The van der Waals surface area contributed by atoms with Gasteiger partial charge in [0, 0.05) is 19.6 Å². The first-order valence-corrected chi connectivity index (χ1v) is 8.03. The highest BCUT2D eigenvalue weighted by Gasteiger charge is 2.36. The molecule has 122 valence electrons. The molecule has 3 rings (SSSR count). The zero-order valence-electron chi connectivity index (χ0n) is 13.4. The molecule has 2 unspecified atom stereocenters. The smallest absolute Gasteiger partial charge is 0.246 e. The van der Waals surface area contributed by atoms with Gasteiger partial charge in [-0.3, -0.25) is 9.48 Å². The van der Waals surface area contributed by atoms with Crippen molar-refractivity contribution in [1.82, 2.24) is 19.7 Å². The van der Waals surface area contributed by atoms with Crippen LogP contribution >= 0.6 is 0 Å². The topological polar surface area (TPSA) is 77.0 Å². The number of piperidine rings is 1. The highest BCUT2D eigenvalue weighted by Crippen LogP contribution is 2.25. The number of carbonyl (C=O) groups is 1. The number of amides is 1. The van der Waals surface area contributed by atoms with Gasteiger partial charge in [0.25, 0.3) is 0 Å². The summed E-state index contributed by atoms with van der Waals surface area (Å²) in [6, 6.07) is 9.58. The summed E-state index contributed by atoms with van der Waals surface area (Å²) in [5.74, 6) is 0.382. The van der Waals surface area contributed by atoms with Crippen molar-refractivity contribution in [3.8, 4) is 0 Å². The van der Waals surface area contributed by atoms with E-state index in [1.54, 1.807) is 13.3 Å². The first-order valence-electron chi connectivity index (χ1n) is 8.03. The van der Waals surface area contributed by atoms with Crippen molar-refractivity contribution in [1.29, 1.82) is 0 Å². The monoisotopic (exact) mass is 313 g/mol. The Labute approximate surface area is 136 Å². The second-order valence-electron chi connectivity index (χ2n) is 6.45. The number of hydrogen-bond donors (Lipinski definition) is 1. The second kappa shape index (κ2) is 6.50. The van der Waals surface area contributed by atoms with Gasteiger partial charge < -0.3 is 10.6 Å². The van der Waals surface area contributed by atoms with E-state index in [9.17, 15) is 4.79 Å². The van der Waals surface area contributed by atoms with E-state index in [4.69, 9.17) is 5.73 Å². The second-order valence-corrected chi connectivity index (χ2v) is 6.45. The number of hydrogen-bond acceptors (Lipinski definition) is 4. The molecule has 1 aliphatic rings. The lowest BCUT2D eigenvalue weighted by molar-refractivity contribution is -0.138. The molecule has 2 aromatic rings. The molecule has 6 heteroatoms. The lowest BCUT2D eigenvalue weighted by atomic mass is 9.89. The van der Waals surface area contributed by atoms with E-state index in [1.165, 1.54) is 6.33 Å². The summed E-state index contributed by atoms with van der Waals surface area (Å²) in [5.41, 5.74) is 6.24. The molecule has 1 saturated heterocycles. The Bertz CT molecular complexity index is 638. The molecule has 1 aromatic carbocycles. The Morgan fingerprint density at radius 1 is 1.39 bits per heavy atom. The highest BCUT2D eigenvalue weighted by atomic mass is 16.2. The van der Waals surface area contributed by atoms with Crippen LogP contribution in [0.3, 0.4) is 0 Å². The van der Waals surface area contributed by atoms with Crippen molar-refractivity contribution in [2.24, 2.45) is 11.7 Å². The summed E-state index contributed by atoms with van der Waals surface area (Å²) >= 11 is 0. The van der Waals surface area contributed by atoms with Crippen molar-refractivity contribution >= 4 is 5.91 Å². The predicted octanol–water partition coefficient (Wildman–Crippen LogP) is 1.39. The summed E-state index contributed by atoms with van der Waals surface area (Å²) in [5, 5.41) is 4.15. The summed E-state index contributed by atoms with van der Waals surface area (Å²) < 4.78 is 1.83. The lowest BCUT2D eigenvalue weighted by Crippen LogP contribution is -2.53. The third kappa shape index (κ3) is 3.42. The largest absolute Gasteiger partial charge is 0.340 e. The fourth-order valence-corrected chi connectivity index (χ4v) is 3.23. The van der Waals surface area contributed by atoms with Gasteiger partial charge >= 0.3 is 0 Å². The first kappa shape index (κ1) is 15.7. The summed E-state index contributed by atoms with van der Waals surface area (Å²) in [6.07, 6.45) is 5.35. The minimum absolute atomic E-state index is 0.00742. The van der Waals surface area contributed by atoms with E-state index in [0.29, 0.717) is 5.92 Å². The molecule has 1 aliphatic heterocycles. The zero-order valence-corrected chi connectivity index (χ0v) is 13.4. The maximum Gasteiger partial charge on any atom is 0.246 e. The zero-order chi connectivity index (χ0) is 16.3. The Kier molecular flexibility index (Phi) is 4.43. The standard InChI is InChI=1S/C17H23N5O/c1-17(18,15-7-3-2-4-8-15)16(23)21-9-5-6-14(10-21)11-22-13-19-12-20-22/h2-4,7-8,12-14H,5-6,9-11,18H2,1H3. The van der Waals surface area contributed by atoms with Crippen molar-refractivity contribution in [3.63, 3.8) is 0 Å². The van der Waals surface area contributed by atoms with E-state index >= 15 is 0 Å². The van der Waals surface area contributed by atoms with Crippen LogP contribution in [-0.2, 0) is 16.9 Å². The fraction of sp³-hybridized carbons (Fsp3) is 0.471. The van der Waals surface area contributed by atoms with Gasteiger partial charge in [0.1, 0.15) is 18.2 Å². The van der Waals surface area contributed by atoms with E-state index in [2.05, 4.69) is 10.1 Å². The van der Waals surface area contributed by atoms with Crippen LogP contribution in [0, 0.1) is 5.92 Å². The van der Waals surface area contributed by atoms with Crippen LogP contribution in [0.25, 0.3) is 0 Å². The maximum absolute atomic E-state index is 12.9. The van der Waals surface area contributed by atoms with E-state index in [0.717, 1.165) is 38.0 Å². The predicted molar refractivity (Wildman–Crippen MR) is 87.3 cm³/mol. The van der Waals surface area contributed by atoms with Gasteiger partial charge in [-0.25, -0.2) is 4.98 Å². The Balaban J connectivity index is 1.69. The lowest BCUT2D eigenvalue weighted by Gasteiger charge is -2.37. The Morgan fingerprint density at radius 3 is 2.87 bits per heavy atom. The van der Waals surface area contributed by atoms with Gasteiger partial charge in [0.05, 0.1) is 0 Å². The van der Waals surface area contributed by atoms with Crippen molar-refractivity contribution in [2.75, 3.05) is 13.1 Å². The van der Waals surface area contributed by atoms with Gasteiger partial charge in [-0.1, -0.05) is 30.3 Å². The summed E-state index contributed by atoms with van der Waals surface area (Å²) in [7, 11) is 0. The molecule has 6 nitrogen and oxygen atoms in total. The molecular formula is C17H23N5O. The molecule has 0 bridgehead atoms. The van der Waals surface area contributed by atoms with Gasteiger partial charge in [0.2, 0.25) is 5.91 Å².